The molecule has 2 amide bonds. The summed E-state index contributed by atoms with van der Waals surface area (Å²) in [6, 6.07) is 9.95. The van der Waals surface area contributed by atoms with Crippen LogP contribution >= 0.6 is 0 Å². The van der Waals surface area contributed by atoms with Crippen LogP contribution in [0.2, 0.25) is 0 Å². The molecule has 6 nitrogen and oxygen atoms in total. The minimum Gasteiger partial charge on any atom is -0.335 e. The molecule has 2 heterocycles. The van der Waals surface area contributed by atoms with Gasteiger partial charge in [-0.25, -0.2) is 9.48 Å². The number of amides is 2. The molecule has 1 saturated heterocycles. The van der Waals surface area contributed by atoms with Gasteiger partial charge in [-0.05, 0) is 52.0 Å². The normalized spacial score (nSPS) is 16.3. The number of rotatable bonds is 3. The van der Waals surface area contributed by atoms with Crippen LogP contribution in [0.5, 0.6) is 0 Å². The van der Waals surface area contributed by atoms with Gasteiger partial charge in [-0.15, -0.1) is 0 Å². The van der Waals surface area contributed by atoms with Crippen molar-refractivity contribution in [3.8, 4) is 5.69 Å². The van der Waals surface area contributed by atoms with Gasteiger partial charge in [-0.3, -0.25) is 0 Å². The topological polar surface area (TPSA) is 62.2 Å². The number of likely N-dealkylation sites (tertiary alicyclic amines) is 1. The molecule has 0 radical (unpaired) electrons. The average molecular weight is 313 g/mol. The van der Waals surface area contributed by atoms with Crippen molar-refractivity contribution in [2.75, 3.05) is 25.5 Å². The second-order valence-corrected chi connectivity index (χ2v) is 6.08. The lowest BCUT2D eigenvalue weighted by atomic mass is 10.1. The molecule has 0 saturated carbocycles. The number of hydrogen-bond donors (Lipinski definition) is 2. The van der Waals surface area contributed by atoms with Crippen LogP contribution in [0.4, 0.5) is 10.5 Å². The zero-order valence-electron chi connectivity index (χ0n) is 13.6. The highest BCUT2D eigenvalue weighted by Gasteiger charge is 2.19. The third-order valence-corrected chi connectivity index (χ3v) is 4.22. The Bertz CT molecular complexity index is 659. The number of aryl methyl sites for hydroxylation is 1. The van der Waals surface area contributed by atoms with Crippen molar-refractivity contribution in [1.29, 1.82) is 0 Å². The predicted molar refractivity (Wildman–Crippen MR) is 91.0 cm³/mol. The van der Waals surface area contributed by atoms with Gasteiger partial charge in [-0.1, -0.05) is 18.2 Å². The molecule has 1 aromatic carbocycles. The van der Waals surface area contributed by atoms with Crippen LogP contribution in [0.3, 0.4) is 0 Å². The van der Waals surface area contributed by atoms with E-state index >= 15 is 0 Å². The Labute approximate surface area is 136 Å². The first-order valence-electron chi connectivity index (χ1n) is 7.99. The summed E-state index contributed by atoms with van der Waals surface area (Å²) in [5, 5.41) is 10.4. The van der Waals surface area contributed by atoms with Gasteiger partial charge < -0.3 is 15.5 Å². The summed E-state index contributed by atoms with van der Waals surface area (Å²) in [6.45, 7) is 3.94. The number of carbonyl (C=O) groups excluding carboxylic acids is 1. The van der Waals surface area contributed by atoms with E-state index in [1.54, 1.807) is 4.68 Å². The van der Waals surface area contributed by atoms with Crippen molar-refractivity contribution < 1.29 is 4.79 Å². The number of piperidine rings is 1. The molecular weight excluding hydrogens is 290 g/mol. The summed E-state index contributed by atoms with van der Waals surface area (Å²) in [7, 11) is 2.11. The minimum absolute atomic E-state index is 0.157. The van der Waals surface area contributed by atoms with Gasteiger partial charge >= 0.3 is 6.03 Å². The lowest BCUT2D eigenvalue weighted by Crippen LogP contribution is -2.44. The van der Waals surface area contributed by atoms with E-state index in [9.17, 15) is 4.79 Å². The number of para-hydroxylation sites is 1. The minimum atomic E-state index is -0.157. The molecule has 2 aromatic rings. The monoisotopic (exact) mass is 313 g/mol. The van der Waals surface area contributed by atoms with E-state index in [2.05, 4.69) is 27.7 Å². The van der Waals surface area contributed by atoms with Gasteiger partial charge in [0.25, 0.3) is 0 Å². The highest BCUT2D eigenvalue weighted by Crippen LogP contribution is 2.16. The lowest BCUT2D eigenvalue weighted by molar-refractivity contribution is 0.221. The standard InChI is InChI=1S/C17H23N5O/c1-13-16(12-22(20-13)15-6-4-3-5-7-15)19-17(23)18-14-8-10-21(2)11-9-14/h3-7,12,14H,8-11H2,1-2H3,(H2,18,19,23). The van der Waals surface area contributed by atoms with Gasteiger partial charge in [0.15, 0.2) is 0 Å². The van der Waals surface area contributed by atoms with E-state index in [-0.39, 0.29) is 12.1 Å². The first-order chi connectivity index (χ1) is 11.1. The maximum Gasteiger partial charge on any atom is 0.319 e. The largest absolute Gasteiger partial charge is 0.335 e. The number of aromatic nitrogens is 2. The van der Waals surface area contributed by atoms with Gasteiger partial charge in [-0.2, -0.15) is 5.10 Å². The molecule has 122 valence electrons. The van der Waals surface area contributed by atoms with E-state index in [0.29, 0.717) is 0 Å². The quantitative estimate of drug-likeness (QED) is 0.914. The Morgan fingerprint density at radius 2 is 1.91 bits per heavy atom. The van der Waals surface area contributed by atoms with Crippen LogP contribution in [0, 0.1) is 6.92 Å². The third kappa shape index (κ3) is 3.90. The average Bonchev–Trinajstić information content (AvgIpc) is 2.91. The van der Waals surface area contributed by atoms with Crippen molar-refractivity contribution in [1.82, 2.24) is 20.0 Å². The van der Waals surface area contributed by atoms with Crippen molar-refractivity contribution in [3.63, 3.8) is 0 Å². The molecule has 0 spiro atoms. The molecular formula is C17H23N5O. The number of nitrogens with one attached hydrogen (secondary N) is 2. The van der Waals surface area contributed by atoms with Crippen LogP contribution in [0.15, 0.2) is 36.5 Å². The SMILES string of the molecule is Cc1nn(-c2ccccc2)cc1NC(=O)NC1CCN(C)CC1. The van der Waals surface area contributed by atoms with Crippen molar-refractivity contribution >= 4 is 11.7 Å². The van der Waals surface area contributed by atoms with Crippen molar-refractivity contribution in [3.05, 3.63) is 42.2 Å². The summed E-state index contributed by atoms with van der Waals surface area (Å²) in [5.74, 6) is 0. The van der Waals surface area contributed by atoms with Gasteiger partial charge in [0, 0.05) is 6.04 Å². The van der Waals surface area contributed by atoms with Gasteiger partial charge in [0.2, 0.25) is 0 Å². The summed E-state index contributed by atoms with van der Waals surface area (Å²) in [4.78, 5) is 14.5. The molecule has 0 bridgehead atoms. The Kier molecular flexibility index (Phi) is 4.62. The molecule has 1 fully saturated rings. The number of anilines is 1. The first-order valence-corrected chi connectivity index (χ1v) is 7.99. The van der Waals surface area contributed by atoms with E-state index < -0.39 is 0 Å². The zero-order valence-corrected chi connectivity index (χ0v) is 13.6. The van der Waals surface area contributed by atoms with Crippen LogP contribution in [0.1, 0.15) is 18.5 Å². The molecule has 0 atom stereocenters. The highest BCUT2D eigenvalue weighted by atomic mass is 16.2. The van der Waals surface area contributed by atoms with E-state index in [1.165, 1.54) is 0 Å². The number of hydrogen-bond acceptors (Lipinski definition) is 3. The van der Waals surface area contributed by atoms with E-state index in [4.69, 9.17) is 0 Å². The smallest absolute Gasteiger partial charge is 0.319 e. The molecule has 2 N–H and O–H groups in total. The number of nitrogens with zero attached hydrogens (tertiary/aromatic N) is 3. The van der Waals surface area contributed by atoms with Crippen LogP contribution in [0.25, 0.3) is 5.69 Å². The molecule has 1 aliphatic rings. The van der Waals surface area contributed by atoms with Crippen LogP contribution < -0.4 is 10.6 Å². The van der Waals surface area contributed by atoms with E-state index in [1.807, 2.05) is 43.5 Å². The van der Waals surface area contributed by atoms with Crippen LogP contribution in [-0.2, 0) is 0 Å². The number of carbonyl (C=O) groups is 1. The second kappa shape index (κ2) is 6.83. The molecule has 0 unspecified atom stereocenters. The van der Waals surface area contributed by atoms with Gasteiger partial charge in [0.1, 0.15) is 0 Å². The zero-order chi connectivity index (χ0) is 16.2. The molecule has 3 rings (SSSR count). The van der Waals surface area contributed by atoms with Crippen molar-refractivity contribution in [2.45, 2.75) is 25.8 Å². The molecule has 1 aromatic heterocycles. The fraction of sp³-hybridized carbons (Fsp3) is 0.412. The van der Waals surface area contributed by atoms with Crippen LogP contribution in [-0.4, -0.2) is 46.9 Å². The highest BCUT2D eigenvalue weighted by molar-refractivity contribution is 5.89. The molecule has 0 aliphatic carbocycles. The van der Waals surface area contributed by atoms with Crippen molar-refractivity contribution in [2.24, 2.45) is 0 Å². The first kappa shape index (κ1) is 15.6. The molecule has 6 heteroatoms. The Balaban J connectivity index is 1.61. The summed E-state index contributed by atoms with van der Waals surface area (Å²) in [5.41, 5.74) is 2.51. The summed E-state index contributed by atoms with van der Waals surface area (Å²) in [6.07, 6.45) is 3.83. The van der Waals surface area contributed by atoms with Gasteiger partial charge in [0.05, 0.1) is 23.3 Å². The number of urea groups is 1. The summed E-state index contributed by atoms with van der Waals surface area (Å²) >= 11 is 0. The fourth-order valence-corrected chi connectivity index (χ4v) is 2.79. The fourth-order valence-electron chi connectivity index (χ4n) is 2.79. The van der Waals surface area contributed by atoms with E-state index in [0.717, 1.165) is 43.0 Å². The predicted octanol–water partition coefficient (Wildman–Crippen LogP) is 2.40. The second-order valence-electron chi connectivity index (χ2n) is 6.08. The number of benzene rings is 1. The third-order valence-electron chi connectivity index (χ3n) is 4.22. The Hall–Kier alpha value is -2.34. The Morgan fingerprint density at radius 3 is 2.61 bits per heavy atom. The molecule has 23 heavy (non-hydrogen) atoms. The lowest BCUT2D eigenvalue weighted by Gasteiger charge is -2.29. The summed E-state index contributed by atoms with van der Waals surface area (Å²) < 4.78 is 1.78. The molecule has 1 aliphatic heterocycles. The maximum absolute atomic E-state index is 12.2. The Morgan fingerprint density at radius 1 is 1.22 bits per heavy atom. The maximum atomic E-state index is 12.2.